The van der Waals surface area contributed by atoms with E-state index < -0.39 is 0 Å². The van der Waals surface area contributed by atoms with Crippen molar-refractivity contribution < 1.29 is 0 Å². The first kappa shape index (κ1) is 14.8. The number of fused-ring (bicyclic) bond motifs is 1. The van der Waals surface area contributed by atoms with Gasteiger partial charge in [-0.15, -0.1) is 5.10 Å². The third kappa shape index (κ3) is 3.55. The second-order valence-corrected chi connectivity index (χ2v) is 6.64. The maximum Gasteiger partial charge on any atom is 0.245 e. The Morgan fingerprint density at radius 1 is 1.48 bits per heavy atom. The molecule has 0 bridgehead atoms. The van der Waals surface area contributed by atoms with Crippen LogP contribution in [-0.2, 0) is 0 Å². The summed E-state index contributed by atoms with van der Waals surface area (Å²) >= 11 is 3.48. The van der Waals surface area contributed by atoms with Crippen molar-refractivity contribution in [2.24, 2.45) is 5.92 Å². The fraction of sp³-hybridized carbons (Fsp3) is 0.600. The summed E-state index contributed by atoms with van der Waals surface area (Å²) in [6, 6.07) is 4.00. The highest BCUT2D eigenvalue weighted by Crippen LogP contribution is 2.18. The van der Waals surface area contributed by atoms with E-state index in [4.69, 9.17) is 0 Å². The van der Waals surface area contributed by atoms with Crippen LogP contribution in [0, 0.1) is 5.92 Å². The number of aromatic nitrogens is 3. The van der Waals surface area contributed by atoms with Crippen LogP contribution in [-0.4, -0.2) is 40.8 Å². The number of rotatable bonds is 5. The van der Waals surface area contributed by atoms with Crippen LogP contribution >= 0.6 is 15.9 Å². The molecule has 1 fully saturated rings. The molecule has 0 spiro atoms. The Morgan fingerprint density at radius 3 is 3.14 bits per heavy atom. The van der Waals surface area contributed by atoms with Gasteiger partial charge in [-0.25, -0.2) is 4.52 Å². The van der Waals surface area contributed by atoms with Crippen LogP contribution in [0.15, 0.2) is 22.8 Å². The third-order valence-corrected chi connectivity index (χ3v) is 4.41. The number of anilines is 1. The minimum Gasteiger partial charge on any atom is -0.339 e. The van der Waals surface area contributed by atoms with Gasteiger partial charge < -0.3 is 10.2 Å². The zero-order chi connectivity index (χ0) is 14.7. The molecule has 2 aromatic heterocycles. The summed E-state index contributed by atoms with van der Waals surface area (Å²) < 4.78 is 2.87. The highest BCUT2D eigenvalue weighted by atomic mass is 79.9. The standard InChI is InChI=1S/C15H22BrN5/c1-2-8-20(10-12-4-3-7-17-9-12)15-18-14-6-5-13(16)11-21(14)19-15/h5-6,11-12,17H,2-4,7-10H2,1H3. The van der Waals surface area contributed by atoms with Crippen molar-refractivity contribution in [3.05, 3.63) is 22.8 Å². The van der Waals surface area contributed by atoms with Crippen molar-refractivity contribution in [1.82, 2.24) is 19.9 Å². The van der Waals surface area contributed by atoms with Crippen LogP contribution in [0.1, 0.15) is 26.2 Å². The lowest BCUT2D eigenvalue weighted by Gasteiger charge is -2.29. The fourth-order valence-corrected chi connectivity index (χ4v) is 3.24. The fourth-order valence-electron chi connectivity index (χ4n) is 2.91. The van der Waals surface area contributed by atoms with Gasteiger partial charge in [-0.1, -0.05) is 6.92 Å². The van der Waals surface area contributed by atoms with Crippen molar-refractivity contribution in [2.45, 2.75) is 26.2 Å². The minimum absolute atomic E-state index is 0.698. The smallest absolute Gasteiger partial charge is 0.245 e. The summed E-state index contributed by atoms with van der Waals surface area (Å²) in [5.41, 5.74) is 0.899. The maximum atomic E-state index is 4.67. The van der Waals surface area contributed by atoms with Crippen molar-refractivity contribution in [3.8, 4) is 0 Å². The lowest BCUT2D eigenvalue weighted by molar-refractivity contribution is 0.375. The van der Waals surface area contributed by atoms with Gasteiger partial charge in [-0.2, -0.15) is 4.98 Å². The van der Waals surface area contributed by atoms with Crippen LogP contribution in [0.3, 0.4) is 0 Å². The van der Waals surface area contributed by atoms with Crippen molar-refractivity contribution in [1.29, 1.82) is 0 Å². The van der Waals surface area contributed by atoms with Crippen molar-refractivity contribution in [2.75, 3.05) is 31.1 Å². The van der Waals surface area contributed by atoms with E-state index in [2.05, 4.69) is 43.2 Å². The molecular weight excluding hydrogens is 330 g/mol. The summed E-state index contributed by atoms with van der Waals surface area (Å²) in [4.78, 5) is 7.01. The van der Waals surface area contributed by atoms with Gasteiger partial charge in [0.05, 0.1) is 0 Å². The summed E-state index contributed by atoms with van der Waals surface area (Å²) in [6.45, 7) is 6.52. The SMILES string of the molecule is CCCN(CC1CCCNC1)c1nc2ccc(Br)cn2n1. The van der Waals surface area contributed by atoms with E-state index >= 15 is 0 Å². The predicted octanol–water partition coefficient (Wildman–Crippen LogP) is 2.71. The summed E-state index contributed by atoms with van der Waals surface area (Å²) in [5, 5.41) is 8.13. The number of pyridine rings is 1. The normalized spacial score (nSPS) is 19.0. The summed E-state index contributed by atoms with van der Waals surface area (Å²) in [6.07, 6.45) is 5.64. The molecule has 1 unspecified atom stereocenters. The third-order valence-electron chi connectivity index (χ3n) is 3.94. The number of hydrogen-bond donors (Lipinski definition) is 1. The number of piperidine rings is 1. The molecule has 1 aliphatic heterocycles. The van der Waals surface area contributed by atoms with Gasteiger partial charge in [0.2, 0.25) is 5.95 Å². The topological polar surface area (TPSA) is 45.5 Å². The molecule has 2 aromatic rings. The number of hydrogen-bond acceptors (Lipinski definition) is 4. The second kappa shape index (κ2) is 6.75. The van der Waals surface area contributed by atoms with Gasteiger partial charge >= 0.3 is 0 Å². The van der Waals surface area contributed by atoms with Crippen LogP contribution in [0.5, 0.6) is 0 Å². The van der Waals surface area contributed by atoms with Crippen LogP contribution < -0.4 is 10.2 Å². The van der Waals surface area contributed by atoms with Gasteiger partial charge in [0, 0.05) is 23.8 Å². The average Bonchev–Trinajstić information content (AvgIpc) is 2.91. The molecule has 3 heterocycles. The first-order valence-electron chi connectivity index (χ1n) is 7.74. The molecule has 0 aromatic carbocycles. The molecule has 6 heteroatoms. The molecule has 21 heavy (non-hydrogen) atoms. The Bertz CT molecular complexity index is 591. The molecule has 5 nitrogen and oxygen atoms in total. The molecule has 0 saturated carbocycles. The van der Waals surface area contributed by atoms with Crippen molar-refractivity contribution in [3.63, 3.8) is 0 Å². The van der Waals surface area contributed by atoms with Gasteiger partial charge in [0.15, 0.2) is 5.65 Å². The van der Waals surface area contributed by atoms with E-state index in [0.29, 0.717) is 5.92 Å². The number of nitrogens with one attached hydrogen (secondary N) is 1. The first-order chi connectivity index (χ1) is 10.3. The van der Waals surface area contributed by atoms with E-state index in [-0.39, 0.29) is 0 Å². The summed E-state index contributed by atoms with van der Waals surface area (Å²) in [7, 11) is 0. The Balaban J connectivity index is 1.80. The second-order valence-electron chi connectivity index (χ2n) is 5.72. The Labute approximate surface area is 133 Å². The predicted molar refractivity (Wildman–Crippen MR) is 88.8 cm³/mol. The molecule has 1 aliphatic rings. The van der Waals surface area contributed by atoms with Crippen LogP contribution in [0.2, 0.25) is 0 Å². The molecule has 1 saturated heterocycles. The lowest BCUT2D eigenvalue weighted by atomic mass is 9.99. The molecular formula is C15H22BrN5. The van der Waals surface area contributed by atoms with Crippen molar-refractivity contribution >= 4 is 27.5 Å². The van der Waals surface area contributed by atoms with E-state index in [9.17, 15) is 0 Å². The highest BCUT2D eigenvalue weighted by Gasteiger charge is 2.19. The van der Waals surface area contributed by atoms with Gasteiger partial charge in [0.25, 0.3) is 0 Å². The van der Waals surface area contributed by atoms with E-state index in [0.717, 1.165) is 48.7 Å². The van der Waals surface area contributed by atoms with Gasteiger partial charge in [0.1, 0.15) is 0 Å². The summed E-state index contributed by atoms with van der Waals surface area (Å²) in [5.74, 6) is 1.55. The number of nitrogens with zero attached hydrogens (tertiary/aromatic N) is 4. The molecule has 0 aliphatic carbocycles. The van der Waals surface area contributed by atoms with Gasteiger partial charge in [-0.3, -0.25) is 0 Å². The Kier molecular flexibility index (Phi) is 4.75. The van der Waals surface area contributed by atoms with E-state index in [1.807, 2.05) is 22.8 Å². The Morgan fingerprint density at radius 2 is 2.38 bits per heavy atom. The monoisotopic (exact) mass is 351 g/mol. The quantitative estimate of drug-likeness (QED) is 0.899. The molecule has 3 rings (SSSR count). The zero-order valence-corrected chi connectivity index (χ0v) is 14.0. The largest absolute Gasteiger partial charge is 0.339 e. The Hall–Kier alpha value is -1.14. The van der Waals surface area contributed by atoms with Gasteiger partial charge in [-0.05, 0) is 66.3 Å². The molecule has 0 amide bonds. The van der Waals surface area contributed by atoms with E-state index in [1.165, 1.54) is 12.8 Å². The number of halogens is 1. The lowest BCUT2D eigenvalue weighted by Crippen LogP contribution is -2.39. The molecule has 1 atom stereocenters. The first-order valence-corrected chi connectivity index (χ1v) is 8.53. The molecule has 0 radical (unpaired) electrons. The molecule has 1 N–H and O–H groups in total. The zero-order valence-electron chi connectivity index (χ0n) is 12.4. The van der Waals surface area contributed by atoms with Crippen LogP contribution in [0.25, 0.3) is 5.65 Å². The van der Waals surface area contributed by atoms with E-state index in [1.54, 1.807) is 0 Å². The van der Waals surface area contributed by atoms with Crippen LogP contribution in [0.4, 0.5) is 5.95 Å². The maximum absolute atomic E-state index is 4.67. The minimum atomic E-state index is 0.698. The molecule has 114 valence electrons. The average molecular weight is 352 g/mol. The highest BCUT2D eigenvalue weighted by molar-refractivity contribution is 9.10.